The number of unbranched alkanes of at least 4 members (excludes halogenated alkanes) is 1. The lowest BCUT2D eigenvalue weighted by Gasteiger charge is -2.26. The summed E-state index contributed by atoms with van der Waals surface area (Å²) in [7, 11) is 0. The van der Waals surface area contributed by atoms with E-state index in [1.165, 1.54) is 34.1 Å². The van der Waals surface area contributed by atoms with Crippen molar-refractivity contribution in [2.24, 2.45) is 0 Å². The molecule has 1 unspecified atom stereocenters. The summed E-state index contributed by atoms with van der Waals surface area (Å²) in [5, 5.41) is 12.6. The zero-order chi connectivity index (χ0) is 18.7. The fraction of sp³-hybridized carbons (Fsp3) is 0.435. The van der Waals surface area contributed by atoms with Crippen LogP contribution in [0.5, 0.6) is 0 Å². The predicted octanol–water partition coefficient (Wildman–Crippen LogP) is 5.16. The number of aromatic nitrogens is 2. The van der Waals surface area contributed by atoms with Gasteiger partial charge in [0.2, 0.25) is 0 Å². The Labute approximate surface area is 156 Å². The van der Waals surface area contributed by atoms with Gasteiger partial charge in [-0.25, -0.2) is 0 Å². The third kappa shape index (κ3) is 3.54. The Morgan fingerprint density at radius 2 is 2.00 bits per heavy atom. The average Bonchev–Trinajstić information content (AvgIpc) is 2.92. The summed E-state index contributed by atoms with van der Waals surface area (Å²) in [4.78, 5) is 4.19. The topological polar surface area (TPSA) is 38.0 Å². The number of aliphatic hydroxyl groups is 1. The molecule has 26 heavy (non-hydrogen) atoms. The molecule has 0 aliphatic rings. The number of fused-ring (bicyclic) bond motifs is 1. The van der Waals surface area contributed by atoms with Crippen LogP contribution in [0, 0.1) is 6.92 Å². The fourth-order valence-corrected chi connectivity index (χ4v) is 3.88. The third-order valence-electron chi connectivity index (χ3n) is 5.31. The maximum Gasteiger partial charge on any atom is 0.106 e. The van der Waals surface area contributed by atoms with E-state index >= 15 is 0 Å². The van der Waals surface area contributed by atoms with Gasteiger partial charge in [0.1, 0.15) is 5.60 Å². The first-order chi connectivity index (χ1) is 12.5. The van der Waals surface area contributed by atoms with E-state index in [9.17, 15) is 5.11 Å². The monoisotopic (exact) mass is 350 g/mol. The minimum absolute atomic E-state index is 0.539. The highest BCUT2D eigenvalue weighted by Gasteiger charge is 2.27. The van der Waals surface area contributed by atoms with E-state index < -0.39 is 5.60 Å². The van der Waals surface area contributed by atoms with Gasteiger partial charge >= 0.3 is 0 Å². The fourth-order valence-electron chi connectivity index (χ4n) is 3.88. The molecule has 0 saturated heterocycles. The third-order valence-corrected chi connectivity index (χ3v) is 5.31. The molecule has 1 atom stereocenters. The molecule has 1 aromatic carbocycles. The van der Waals surface area contributed by atoms with Gasteiger partial charge in [0.05, 0.1) is 6.54 Å². The van der Waals surface area contributed by atoms with E-state index in [1.54, 1.807) is 12.4 Å². The SMILES string of the molecule is CCCCc1c(CC)c2cc(C)ccc2n1CC(C)(O)c1cccnc1. The molecular weight excluding hydrogens is 320 g/mol. The Kier molecular flexibility index (Phi) is 5.47. The summed E-state index contributed by atoms with van der Waals surface area (Å²) in [6.45, 7) is 9.04. The highest BCUT2D eigenvalue weighted by molar-refractivity contribution is 5.86. The molecule has 0 saturated carbocycles. The van der Waals surface area contributed by atoms with Crippen molar-refractivity contribution in [1.29, 1.82) is 0 Å². The first kappa shape index (κ1) is 18.7. The first-order valence-corrected chi connectivity index (χ1v) is 9.71. The first-order valence-electron chi connectivity index (χ1n) is 9.71. The lowest BCUT2D eigenvalue weighted by atomic mass is 9.97. The molecule has 0 radical (unpaired) electrons. The van der Waals surface area contributed by atoms with Crippen molar-refractivity contribution >= 4 is 10.9 Å². The van der Waals surface area contributed by atoms with Crippen molar-refractivity contribution in [2.75, 3.05) is 0 Å². The molecule has 0 bridgehead atoms. The molecule has 2 heterocycles. The molecule has 1 N–H and O–H groups in total. The van der Waals surface area contributed by atoms with E-state index in [0.29, 0.717) is 6.54 Å². The molecule has 3 aromatic rings. The van der Waals surface area contributed by atoms with Crippen molar-refractivity contribution in [2.45, 2.75) is 65.5 Å². The van der Waals surface area contributed by atoms with Crippen molar-refractivity contribution < 1.29 is 5.11 Å². The van der Waals surface area contributed by atoms with Crippen LogP contribution in [0.15, 0.2) is 42.7 Å². The van der Waals surface area contributed by atoms with Crippen LogP contribution in [-0.2, 0) is 25.0 Å². The Balaban J connectivity index is 2.14. The van der Waals surface area contributed by atoms with E-state index in [2.05, 4.69) is 48.5 Å². The predicted molar refractivity (Wildman–Crippen MR) is 108 cm³/mol. The Morgan fingerprint density at radius 1 is 1.19 bits per heavy atom. The summed E-state index contributed by atoms with van der Waals surface area (Å²) in [6, 6.07) is 10.5. The van der Waals surface area contributed by atoms with E-state index in [4.69, 9.17) is 0 Å². The van der Waals surface area contributed by atoms with Crippen LogP contribution >= 0.6 is 0 Å². The van der Waals surface area contributed by atoms with Crippen molar-refractivity contribution in [3.63, 3.8) is 0 Å². The van der Waals surface area contributed by atoms with Crippen LogP contribution in [0.25, 0.3) is 10.9 Å². The Bertz CT molecular complexity index is 878. The number of aryl methyl sites for hydroxylation is 2. The minimum Gasteiger partial charge on any atom is -0.384 e. The molecule has 0 fully saturated rings. The normalized spacial score (nSPS) is 13.9. The maximum atomic E-state index is 11.2. The lowest BCUT2D eigenvalue weighted by molar-refractivity contribution is 0.0384. The molecule has 0 spiro atoms. The average molecular weight is 351 g/mol. The zero-order valence-electron chi connectivity index (χ0n) is 16.4. The molecular formula is C23H30N2O. The number of hydrogen-bond donors (Lipinski definition) is 1. The van der Waals surface area contributed by atoms with Gasteiger partial charge in [-0.2, -0.15) is 0 Å². The second kappa shape index (κ2) is 7.63. The van der Waals surface area contributed by atoms with Crippen LogP contribution in [0.3, 0.4) is 0 Å². The number of rotatable bonds is 7. The molecule has 0 amide bonds. The van der Waals surface area contributed by atoms with Gasteiger partial charge in [0, 0.05) is 34.6 Å². The van der Waals surface area contributed by atoms with Crippen LogP contribution in [-0.4, -0.2) is 14.7 Å². The molecule has 138 valence electrons. The molecule has 3 heteroatoms. The van der Waals surface area contributed by atoms with Gasteiger partial charge in [0.15, 0.2) is 0 Å². The van der Waals surface area contributed by atoms with Crippen LogP contribution in [0.4, 0.5) is 0 Å². The smallest absolute Gasteiger partial charge is 0.106 e. The molecule has 0 aliphatic heterocycles. The molecule has 2 aromatic heterocycles. The van der Waals surface area contributed by atoms with E-state index in [0.717, 1.165) is 24.8 Å². The van der Waals surface area contributed by atoms with Crippen molar-refractivity contribution in [1.82, 2.24) is 9.55 Å². The summed E-state index contributed by atoms with van der Waals surface area (Å²) < 4.78 is 2.34. The summed E-state index contributed by atoms with van der Waals surface area (Å²) in [5.74, 6) is 0. The van der Waals surface area contributed by atoms with Gasteiger partial charge in [-0.15, -0.1) is 0 Å². The Morgan fingerprint density at radius 3 is 2.65 bits per heavy atom. The largest absolute Gasteiger partial charge is 0.384 e. The number of benzene rings is 1. The van der Waals surface area contributed by atoms with Gasteiger partial charge in [-0.1, -0.05) is 38.0 Å². The quantitative estimate of drug-likeness (QED) is 0.639. The van der Waals surface area contributed by atoms with Crippen LogP contribution in [0.1, 0.15) is 56.0 Å². The van der Waals surface area contributed by atoms with Gasteiger partial charge in [0.25, 0.3) is 0 Å². The Hall–Kier alpha value is -2.13. The van der Waals surface area contributed by atoms with Crippen LogP contribution < -0.4 is 0 Å². The number of pyridine rings is 1. The van der Waals surface area contributed by atoms with Crippen molar-refractivity contribution in [3.05, 3.63) is 65.1 Å². The van der Waals surface area contributed by atoms with E-state index in [-0.39, 0.29) is 0 Å². The number of nitrogens with zero attached hydrogens (tertiary/aromatic N) is 2. The van der Waals surface area contributed by atoms with Gasteiger partial charge < -0.3 is 9.67 Å². The summed E-state index contributed by atoms with van der Waals surface area (Å²) in [6.07, 6.45) is 7.91. The van der Waals surface area contributed by atoms with Gasteiger partial charge in [-0.05, 0) is 56.9 Å². The van der Waals surface area contributed by atoms with Crippen LogP contribution in [0.2, 0.25) is 0 Å². The molecule has 3 rings (SSSR count). The standard InChI is InChI=1S/C23H30N2O/c1-5-7-10-21-19(6-2)20-14-17(3)11-12-22(20)25(21)16-23(4,26)18-9-8-13-24-15-18/h8-9,11-15,26H,5-7,10,16H2,1-4H3. The number of hydrogen-bond acceptors (Lipinski definition) is 2. The minimum atomic E-state index is -0.961. The van der Waals surface area contributed by atoms with Gasteiger partial charge in [-0.3, -0.25) is 4.98 Å². The highest BCUT2D eigenvalue weighted by Crippen LogP contribution is 2.32. The zero-order valence-corrected chi connectivity index (χ0v) is 16.4. The highest BCUT2D eigenvalue weighted by atomic mass is 16.3. The second-order valence-corrected chi connectivity index (χ2v) is 7.50. The lowest BCUT2D eigenvalue weighted by Crippen LogP contribution is -2.28. The summed E-state index contributed by atoms with van der Waals surface area (Å²) >= 11 is 0. The van der Waals surface area contributed by atoms with Crippen molar-refractivity contribution in [3.8, 4) is 0 Å². The molecule has 0 aliphatic carbocycles. The maximum absolute atomic E-state index is 11.2. The molecule has 3 nitrogen and oxygen atoms in total. The summed E-state index contributed by atoms with van der Waals surface area (Å²) in [5.41, 5.74) is 5.21. The van der Waals surface area contributed by atoms with E-state index in [1.807, 2.05) is 19.1 Å². The second-order valence-electron chi connectivity index (χ2n) is 7.50.